The van der Waals surface area contributed by atoms with Gasteiger partial charge in [0.1, 0.15) is 0 Å². The fraction of sp³-hybridized carbons (Fsp3) is 0. The van der Waals surface area contributed by atoms with Crippen LogP contribution in [0.1, 0.15) is 0 Å². The number of hydrogen-bond acceptors (Lipinski definition) is 0. The van der Waals surface area contributed by atoms with E-state index in [1.165, 1.54) is 10.8 Å². The van der Waals surface area contributed by atoms with Crippen molar-refractivity contribution in [2.24, 2.45) is 0 Å². The van der Waals surface area contributed by atoms with Crippen molar-refractivity contribution in [2.45, 2.75) is 0 Å². The molecule has 86 valence electrons. The zero-order valence-electron chi connectivity index (χ0n) is 9.59. The predicted octanol–water partition coefficient (Wildman–Crippen LogP) is 3.77. The second-order valence-electron chi connectivity index (χ2n) is 4.30. The van der Waals surface area contributed by atoms with Gasteiger partial charge in [-0.05, 0) is 0 Å². The molecule has 0 spiro atoms. The topological polar surface area (TPSA) is 0 Å². The molecule has 2 heterocycles. The Balaban J connectivity index is 1.95. The van der Waals surface area contributed by atoms with Crippen LogP contribution in [0.15, 0.2) is 60.7 Å². The van der Waals surface area contributed by atoms with Gasteiger partial charge in [0, 0.05) is 0 Å². The molecule has 0 saturated heterocycles. The summed E-state index contributed by atoms with van der Waals surface area (Å²) >= 11 is -0.256. The molecule has 0 radical (unpaired) electrons. The average Bonchev–Trinajstić information content (AvgIpc) is 3.02. The predicted molar refractivity (Wildman–Crippen MR) is 80.8 cm³/mol. The van der Waals surface area contributed by atoms with Gasteiger partial charge in [0.05, 0.1) is 0 Å². The summed E-state index contributed by atoms with van der Waals surface area (Å²) in [5.74, 6) is 0. The standard InChI is InChI=1S/C16H10Te2/c1-3-7-13-11(5-1)9-15(17-13)16-10-12-6-2-4-8-14(12)18-16/h1-10H. The summed E-state index contributed by atoms with van der Waals surface area (Å²) < 4.78 is 6.59. The first-order valence-electron chi connectivity index (χ1n) is 5.88. The van der Waals surface area contributed by atoms with Crippen LogP contribution < -0.4 is 0 Å². The molecule has 0 aliphatic heterocycles. The molecule has 2 heteroatoms. The summed E-state index contributed by atoms with van der Waals surface area (Å²) in [5, 5.41) is 2.94. The van der Waals surface area contributed by atoms with Crippen LogP contribution in [0, 0.1) is 0 Å². The van der Waals surface area contributed by atoms with Crippen molar-refractivity contribution < 1.29 is 0 Å². The minimum atomic E-state index is -0.128. The first-order chi connectivity index (χ1) is 8.90. The van der Waals surface area contributed by atoms with E-state index in [1.807, 2.05) is 0 Å². The molecule has 2 aromatic heterocycles. The van der Waals surface area contributed by atoms with Crippen LogP contribution in [0.3, 0.4) is 0 Å². The van der Waals surface area contributed by atoms with E-state index in [9.17, 15) is 0 Å². The molecule has 0 bridgehead atoms. The van der Waals surface area contributed by atoms with Crippen molar-refractivity contribution in [3.05, 3.63) is 60.7 Å². The summed E-state index contributed by atoms with van der Waals surface area (Å²) in [5.41, 5.74) is 0. The molecular weight excluding hydrogens is 447 g/mol. The van der Waals surface area contributed by atoms with E-state index < -0.39 is 0 Å². The van der Waals surface area contributed by atoms with Crippen LogP contribution in [-0.4, -0.2) is 40.9 Å². The summed E-state index contributed by atoms with van der Waals surface area (Å²) in [7, 11) is 0. The number of hydrogen-bond donors (Lipinski definition) is 0. The molecule has 18 heavy (non-hydrogen) atoms. The summed E-state index contributed by atoms with van der Waals surface area (Å²) in [4.78, 5) is 0. The maximum atomic E-state index is 2.44. The van der Waals surface area contributed by atoms with Crippen LogP contribution in [0.2, 0.25) is 0 Å². The monoisotopic (exact) mass is 462 g/mol. The SMILES string of the molecule is c1ccc2[te]c(-c3cc4ccccc4[te]3)cc2c1. The Bertz CT molecular complexity index is 698. The summed E-state index contributed by atoms with van der Waals surface area (Å²) in [6.45, 7) is 0. The Labute approximate surface area is 125 Å². The average molecular weight is 457 g/mol. The summed E-state index contributed by atoms with van der Waals surface area (Å²) in [6.07, 6.45) is 0. The van der Waals surface area contributed by atoms with Crippen LogP contribution in [0.25, 0.3) is 24.7 Å². The Morgan fingerprint density at radius 1 is 0.556 bits per heavy atom. The van der Waals surface area contributed by atoms with E-state index in [2.05, 4.69) is 60.7 Å². The summed E-state index contributed by atoms with van der Waals surface area (Å²) in [6, 6.07) is 22.7. The van der Waals surface area contributed by atoms with Gasteiger partial charge in [0.15, 0.2) is 0 Å². The fourth-order valence-electron chi connectivity index (χ4n) is 2.21. The van der Waals surface area contributed by atoms with Gasteiger partial charge in [0.2, 0.25) is 0 Å². The Kier molecular flexibility index (Phi) is 2.87. The molecule has 0 fully saturated rings. The van der Waals surface area contributed by atoms with Crippen LogP contribution in [-0.2, 0) is 0 Å². The maximum absolute atomic E-state index is 2.44. The number of rotatable bonds is 1. The van der Waals surface area contributed by atoms with Crippen LogP contribution in [0.5, 0.6) is 0 Å². The third kappa shape index (κ3) is 1.89. The van der Waals surface area contributed by atoms with Crippen molar-refractivity contribution in [1.82, 2.24) is 0 Å². The Morgan fingerprint density at radius 2 is 1.00 bits per heavy atom. The van der Waals surface area contributed by atoms with Gasteiger partial charge in [0.25, 0.3) is 0 Å². The second-order valence-corrected chi connectivity index (χ2v) is 10.5. The number of fused-ring (bicyclic) bond motifs is 2. The fourth-order valence-corrected chi connectivity index (χ4v) is 9.36. The molecule has 0 saturated carbocycles. The van der Waals surface area contributed by atoms with Gasteiger partial charge in [-0.25, -0.2) is 0 Å². The second kappa shape index (κ2) is 4.55. The van der Waals surface area contributed by atoms with Crippen molar-refractivity contribution in [2.75, 3.05) is 0 Å². The van der Waals surface area contributed by atoms with Crippen molar-refractivity contribution >= 4 is 58.4 Å². The molecule has 0 unspecified atom stereocenters. The van der Waals surface area contributed by atoms with Gasteiger partial charge in [-0.15, -0.1) is 0 Å². The molecule has 0 atom stereocenters. The third-order valence-electron chi connectivity index (χ3n) is 3.09. The van der Waals surface area contributed by atoms with E-state index in [1.54, 1.807) is 14.0 Å². The number of benzene rings is 2. The zero-order valence-corrected chi connectivity index (χ0v) is 14.3. The zero-order chi connectivity index (χ0) is 11.9. The van der Waals surface area contributed by atoms with Gasteiger partial charge in [-0.3, -0.25) is 0 Å². The van der Waals surface area contributed by atoms with E-state index in [0.29, 0.717) is 0 Å². The molecule has 0 aliphatic rings. The molecule has 2 aromatic carbocycles. The molecular formula is C16H10Te2. The van der Waals surface area contributed by atoms with E-state index in [-0.39, 0.29) is 40.9 Å². The van der Waals surface area contributed by atoms with Gasteiger partial charge in [-0.1, -0.05) is 0 Å². The quantitative estimate of drug-likeness (QED) is 0.382. The normalized spacial score (nSPS) is 11.3. The third-order valence-corrected chi connectivity index (χ3v) is 10.9. The van der Waals surface area contributed by atoms with Crippen molar-refractivity contribution in [3.8, 4) is 7.16 Å². The van der Waals surface area contributed by atoms with Gasteiger partial charge < -0.3 is 0 Å². The first kappa shape index (κ1) is 11.3. The van der Waals surface area contributed by atoms with E-state index in [4.69, 9.17) is 0 Å². The first-order valence-corrected chi connectivity index (χ1v) is 10.5. The molecule has 0 amide bonds. The van der Waals surface area contributed by atoms with E-state index in [0.717, 1.165) is 0 Å². The molecule has 0 nitrogen and oxygen atoms in total. The van der Waals surface area contributed by atoms with E-state index >= 15 is 0 Å². The molecule has 0 aliphatic carbocycles. The Hall–Kier alpha value is -0.501. The Morgan fingerprint density at radius 3 is 1.44 bits per heavy atom. The minimum absolute atomic E-state index is 0.128. The van der Waals surface area contributed by atoms with Gasteiger partial charge >= 0.3 is 126 Å². The molecule has 4 aromatic rings. The molecule has 4 rings (SSSR count). The van der Waals surface area contributed by atoms with Crippen molar-refractivity contribution in [3.63, 3.8) is 0 Å². The van der Waals surface area contributed by atoms with Crippen molar-refractivity contribution in [1.29, 1.82) is 0 Å². The van der Waals surface area contributed by atoms with Gasteiger partial charge in [-0.2, -0.15) is 0 Å². The molecule has 0 N–H and O–H groups in total. The van der Waals surface area contributed by atoms with Crippen LogP contribution in [0.4, 0.5) is 0 Å². The van der Waals surface area contributed by atoms with Crippen LogP contribution >= 0.6 is 0 Å².